The summed E-state index contributed by atoms with van der Waals surface area (Å²) in [5.74, 6) is 0.309. The number of rotatable bonds is 4. The number of aliphatic hydroxyl groups is 4. The minimum atomic E-state index is -1.46. The average molecular weight is 298 g/mol. The van der Waals surface area contributed by atoms with Crippen molar-refractivity contribution in [3.8, 4) is 5.75 Å². The smallest absolute Gasteiger partial charge is 0.150 e. The highest BCUT2D eigenvalue weighted by molar-refractivity contribution is 5.76. The molecule has 0 aromatic heterocycles. The molecule has 1 aromatic rings. The quantitative estimate of drug-likeness (QED) is 0.528. The first kappa shape index (κ1) is 15.9. The first-order valence-corrected chi connectivity index (χ1v) is 6.47. The van der Waals surface area contributed by atoms with E-state index in [0.717, 1.165) is 0 Å². The first-order valence-electron chi connectivity index (χ1n) is 6.47. The molecular formula is C14H18O7. The van der Waals surface area contributed by atoms with Gasteiger partial charge in [-0.25, -0.2) is 0 Å². The van der Waals surface area contributed by atoms with Gasteiger partial charge in [0.1, 0.15) is 42.6 Å². The van der Waals surface area contributed by atoms with E-state index in [4.69, 9.17) is 9.47 Å². The molecule has 1 heterocycles. The second kappa shape index (κ2) is 6.50. The van der Waals surface area contributed by atoms with E-state index in [2.05, 4.69) is 0 Å². The van der Waals surface area contributed by atoms with Crippen LogP contribution < -0.4 is 4.74 Å². The summed E-state index contributed by atoms with van der Waals surface area (Å²) in [5.41, 5.74) is 0.806. The van der Waals surface area contributed by atoms with Crippen LogP contribution in [-0.4, -0.2) is 64.8 Å². The number of benzene rings is 1. The molecule has 2 rings (SSSR count). The van der Waals surface area contributed by atoms with E-state index >= 15 is 0 Å². The van der Waals surface area contributed by atoms with E-state index < -0.39 is 37.1 Å². The van der Waals surface area contributed by atoms with E-state index in [9.17, 15) is 25.2 Å². The topological polar surface area (TPSA) is 116 Å². The minimum absolute atomic E-state index is 0.309. The molecule has 21 heavy (non-hydrogen) atoms. The van der Waals surface area contributed by atoms with Crippen LogP contribution in [0.5, 0.6) is 5.75 Å². The Balaban J connectivity index is 2.37. The lowest BCUT2D eigenvalue weighted by Crippen LogP contribution is -2.55. The van der Waals surface area contributed by atoms with Gasteiger partial charge in [0, 0.05) is 11.1 Å². The molecule has 1 saturated heterocycles. The van der Waals surface area contributed by atoms with Crippen molar-refractivity contribution in [3.63, 3.8) is 0 Å². The highest BCUT2D eigenvalue weighted by atomic mass is 16.5. The molecule has 0 saturated carbocycles. The Kier molecular flexibility index (Phi) is 4.92. The molecule has 0 unspecified atom stereocenters. The third-order valence-electron chi connectivity index (χ3n) is 3.59. The summed E-state index contributed by atoms with van der Waals surface area (Å²) in [5, 5.41) is 38.8. The normalized spacial score (nSPS) is 32.7. The van der Waals surface area contributed by atoms with E-state index in [1.807, 2.05) is 0 Å². The Bertz CT molecular complexity index is 502. The van der Waals surface area contributed by atoms with Gasteiger partial charge in [0.15, 0.2) is 0 Å². The molecular weight excluding hydrogens is 280 g/mol. The van der Waals surface area contributed by atoms with Crippen LogP contribution in [0.3, 0.4) is 0 Å². The van der Waals surface area contributed by atoms with E-state index in [1.165, 1.54) is 25.3 Å². The van der Waals surface area contributed by atoms with Crippen LogP contribution in [0.1, 0.15) is 22.0 Å². The number of hydrogen-bond donors (Lipinski definition) is 4. The largest absolute Gasteiger partial charge is 0.496 e. The summed E-state index contributed by atoms with van der Waals surface area (Å²) in [4.78, 5) is 10.8. The first-order chi connectivity index (χ1) is 10.0. The van der Waals surface area contributed by atoms with Crippen molar-refractivity contribution in [1.82, 2.24) is 0 Å². The zero-order valence-electron chi connectivity index (χ0n) is 11.4. The molecule has 0 aliphatic carbocycles. The second-order valence-corrected chi connectivity index (χ2v) is 4.87. The van der Waals surface area contributed by atoms with Crippen LogP contribution in [0.25, 0.3) is 0 Å². The number of hydrogen-bond acceptors (Lipinski definition) is 7. The zero-order valence-corrected chi connectivity index (χ0v) is 11.4. The summed E-state index contributed by atoms with van der Waals surface area (Å²) in [6.07, 6.45) is -5.60. The van der Waals surface area contributed by atoms with E-state index in [-0.39, 0.29) is 0 Å². The number of methoxy groups -OCH3 is 1. The molecule has 0 radical (unpaired) electrons. The third kappa shape index (κ3) is 2.92. The SMILES string of the molecule is COc1cc(C=O)ccc1[C@@H]1O[C@H](CO)[C@@H](O)[C@H](O)[C@H]1O. The summed E-state index contributed by atoms with van der Waals surface area (Å²) >= 11 is 0. The molecule has 0 bridgehead atoms. The van der Waals surface area contributed by atoms with Crippen LogP contribution >= 0.6 is 0 Å². The monoisotopic (exact) mass is 298 g/mol. The van der Waals surface area contributed by atoms with Gasteiger partial charge in [0.25, 0.3) is 0 Å². The molecule has 1 aliphatic heterocycles. The molecule has 116 valence electrons. The number of carbonyl (C=O) groups is 1. The number of ether oxygens (including phenoxy) is 2. The predicted molar refractivity (Wildman–Crippen MR) is 71.1 cm³/mol. The van der Waals surface area contributed by atoms with Crippen molar-refractivity contribution >= 4 is 6.29 Å². The fraction of sp³-hybridized carbons (Fsp3) is 0.500. The molecule has 7 heteroatoms. The molecule has 1 aliphatic rings. The Morgan fingerprint density at radius 3 is 2.52 bits per heavy atom. The van der Waals surface area contributed by atoms with Crippen LogP contribution in [0, 0.1) is 0 Å². The Labute approximate surface area is 121 Å². The van der Waals surface area contributed by atoms with Crippen molar-refractivity contribution in [1.29, 1.82) is 0 Å². The van der Waals surface area contributed by atoms with Gasteiger partial charge in [-0.15, -0.1) is 0 Å². The highest BCUT2D eigenvalue weighted by Gasteiger charge is 2.44. The number of aliphatic hydroxyl groups excluding tert-OH is 4. The van der Waals surface area contributed by atoms with E-state index in [1.54, 1.807) is 0 Å². The number of carbonyl (C=O) groups excluding carboxylic acids is 1. The van der Waals surface area contributed by atoms with Gasteiger partial charge in [-0.05, 0) is 6.07 Å². The van der Waals surface area contributed by atoms with E-state index in [0.29, 0.717) is 23.2 Å². The van der Waals surface area contributed by atoms with Crippen LogP contribution in [-0.2, 0) is 4.74 Å². The molecule has 0 spiro atoms. The molecule has 1 fully saturated rings. The zero-order chi connectivity index (χ0) is 15.6. The van der Waals surface area contributed by atoms with Gasteiger partial charge >= 0.3 is 0 Å². The van der Waals surface area contributed by atoms with Crippen molar-refractivity contribution in [3.05, 3.63) is 29.3 Å². The fourth-order valence-electron chi connectivity index (χ4n) is 2.39. The summed E-state index contributed by atoms with van der Waals surface area (Å²) in [6.45, 7) is -0.504. The standard InChI is InChI=1S/C14H18O7/c1-20-9-4-7(5-15)2-3-8(9)14-13(19)12(18)11(17)10(6-16)21-14/h2-5,10-14,16-19H,6H2,1H3/t10-,11-,12+,13-,14+/m1/s1. The lowest BCUT2D eigenvalue weighted by Gasteiger charge is -2.40. The molecule has 7 nitrogen and oxygen atoms in total. The molecule has 1 aromatic carbocycles. The van der Waals surface area contributed by atoms with Crippen LogP contribution in [0.15, 0.2) is 18.2 Å². The van der Waals surface area contributed by atoms with Crippen LogP contribution in [0.4, 0.5) is 0 Å². The molecule has 0 amide bonds. The van der Waals surface area contributed by atoms with Crippen molar-refractivity contribution in [2.24, 2.45) is 0 Å². The maximum atomic E-state index is 10.8. The van der Waals surface area contributed by atoms with Gasteiger partial charge in [-0.1, -0.05) is 12.1 Å². The Hall–Kier alpha value is -1.51. The maximum absolute atomic E-state index is 10.8. The predicted octanol–water partition coefficient (Wildman–Crippen LogP) is -0.977. The van der Waals surface area contributed by atoms with Crippen LogP contribution in [0.2, 0.25) is 0 Å². The van der Waals surface area contributed by atoms with Gasteiger partial charge < -0.3 is 29.9 Å². The third-order valence-corrected chi connectivity index (χ3v) is 3.59. The van der Waals surface area contributed by atoms with Gasteiger partial charge in [-0.2, -0.15) is 0 Å². The Morgan fingerprint density at radius 2 is 1.95 bits per heavy atom. The maximum Gasteiger partial charge on any atom is 0.150 e. The second-order valence-electron chi connectivity index (χ2n) is 4.87. The highest BCUT2D eigenvalue weighted by Crippen LogP contribution is 2.37. The summed E-state index contributed by atoms with van der Waals surface area (Å²) < 4.78 is 10.6. The number of aldehydes is 1. The van der Waals surface area contributed by atoms with Crippen molar-refractivity contribution < 1.29 is 34.7 Å². The fourth-order valence-corrected chi connectivity index (χ4v) is 2.39. The Morgan fingerprint density at radius 1 is 1.24 bits per heavy atom. The summed E-state index contributed by atoms with van der Waals surface area (Å²) in [6, 6.07) is 4.53. The molecule has 4 N–H and O–H groups in total. The lowest BCUT2D eigenvalue weighted by atomic mass is 9.90. The lowest BCUT2D eigenvalue weighted by molar-refractivity contribution is -0.232. The van der Waals surface area contributed by atoms with Gasteiger partial charge in [0.2, 0.25) is 0 Å². The van der Waals surface area contributed by atoms with Crippen molar-refractivity contribution in [2.45, 2.75) is 30.5 Å². The molecule has 5 atom stereocenters. The van der Waals surface area contributed by atoms with Gasteiger partial charge in [0.05, 0.1) is 13.7 Å². The summed E-state index contributed by atoms with van der Waals surface area (Å²) in [7, 11) is 1.40. The minimum Gasteiger partial charge on any atom is -0.496 e. The van der Waals surface area contributed by atoms with Crippen molar-refractivity contribution in [2.75, 3.05) is 13.7 Å². The van der Waals surface area contributed by atoms with Gasteiger partial charge in [-0.3, -0.25) is 4.79 Å². The average Bonchev–Trinajstić information content (AvgIpc) is 2.52.